The third kappa shape index (κ3) is 4.59. The average Bonchev–Trinajstić information content (AvgIpc) is 2.55. The molecule has 5 heteroatoms. The Morgan fingerprint density at radius 2 is 1.64 bits per heavy atom. The second-order valence-electron chi connectivity index (χ2n) is 7.46. The largest absolute Gasteiger partial charge is 0.496 e. The van der Waals surface area contributed by atoms with Crippen molar-refractivity contribution in [3.63, 3.8) is 0 Å². The Morgan fingerprint density at radius 1 is 1.00 bits per heavy atom. The Labute approximate surface area is 163 Å². The van der Waals surface area contributed by atoms with Crippen LogP contribution in [0.1, 0.15) is 32.4 Å². The Hall–Kier alpha value is -1.00. The number of nitrogens with zero attached hydrogens (tertiary/aromatic N) is 1. The van der Waals surface area contributed by atoms with Gasteiger partial charge in [-0.2, -0.15) is 0 Å². The van der Waals surface area contributed by atoms with Crippen molar-refractivity contribution in [2.75, 3.05) is 33.3 Å². The van der Waals surface area contributed by atoms with Crippen LogP contribution in [0.25, 0.3) is 10.8 Å². The van der Waals surface area contributed by atoms with Crippen LogP contribution in [0.3, 0.4) is 0 Å². The molecule has 3 nitrogen and oxygen atoms in total. The summed E-state index contributed by atoms with van der Waals surface area (Å²) in [6, 6.07) is 13.3. The fourth-order valence-electron chi connectivity index (χ4n) is 3.84. The van der Waals surface area contributed by atoms with Gasteiger partial charge in [-0.3, -0.25) is 4.90 Å². The number of rotatable bonds is 3. The van der Waals surface area contributed by atoms with Crippen LogP contribution in [0, 0.1) is 5.41 Å². The van der Waals surface area contributed by atoms with Crippen molar-refractivity contribution >= 4 is 35.6 Å². The van der Waals surface area contributed by atoms with Gasteiger partial charge in [0.05, 0.1) is 7.11 Å². The van der Waals surface area contributed by atoms with Gasteiger partial charge in [0.15, 0.2) is 0 Å². The highest BCUT2D eigenvalue weighted by Crippen LogP contribution is 2.45. The molecule has 1 atom stereocenters. The Kier molecular flexibility index (Phi) is 8.01. The molecule has 1 N–H and O–H groups in total. The van der Waals surface area contributed by atoms with Gasteiger partial charge in [0.1, 0.15) is 5.75 Å². The molecule has 0 amide bonds. The Morgan fingerprint density at radius 3 is 2.24 bits per heavy atom. The molecule has 0 aliphatic carbocycles. The normalized spacial score (nSPS) is 16.6. The first-order valence-electron chi connectivity index (χ1n) is 8.53. The van der Waals surface area contributed by atoms with E-state index in [1.54, 1.807) is 7.11 Å². The lowest BCUT2D eigenvalue weighted by Crippen LogP contribution is -2.48. The molecule has 1 saturated heterocycles. The second kappa shape index (κ2) is 9.09. The summed E-state index contributed by atoms with van der Waals surface area (Å²) < 4.78 is 5.78. The van der Waals surface area contributed by atoms with E-state index in [2.05, 4.69) is 67.4 Å². The summed E-state index contributed by atoms with van der Waals surface area (Å²) in [4.78, 5) is 2.61. The topological polar surface area (TPSA) is 24.5 Å². The highest BCUT2D eigenvalue weighted by atomic mass is 35.5. The quantitative estimate of drug-likeness (QED) is 0.830. The number of hydrogen-bond acceptors (Lipinski definition) is 3. The van der Waals surface area contributed by atoms with Gasteiger partial charge in [0.2, 0.25) is 0 Å². The molecule has 1 aliphatic heterocycles. The van der Waals surface area contributed by atoms with Gasteiger partial charge in [-0.1, -0.05) is 51.1 Å². The molecule has 1 aliphatic rings. The maximum atomic E-state index is 5.78. The Bertz CT molecular complexity index is 679. The van der Waals surface area contributed by atoms with E-state index in [9.17, 15) is 0 Å². The van der Waals surface area contributed by atoms with E-state index >= 15 is 0 Å². The van der Waals surface area contributed by atoms with E-state index in [1.807, 2.05) is 0 Å². The van der Waals surface area contributed by atoms with Crippen LogP contribution in [-0.4, -0.2) is 38.2 Å². The highest BCUT2D eigenvalue weighted by Gasteiger charge is 2.35. The standard InChI is InChI=1S/C20H28N2O.2ClH/c1-20(2,3)19(22-13-11-21-12-14-22)18-16-8-6-5-7-15(16)9-10-17(18)23-4;;/h5-10,19,21H,11-14H2,1-4H3;2*1H/t19-;;/m1../s1. The Balaban J connectivity index is 0.00000156. The molecular weight excluding hydrogens is 355 g/mol. The van der Waals surface area contributed by atoms with Gasteiger partial charge < -0.3 is 10.1 Å². The first kappa shape index (κ1) is 22.0. The van der Waals surface area contributed by atoms with E-state index < -0.39 is 0 Å². The number of halogens is 2. The van der Waals surface area contributed by atoms with E-state index in [0.29, 0.717) is 6.04 Å². The summed E-state index contributed by atoms with van der Waals surface area (Å²) in [5.41, 5.74) is 1.47. The van der Waals surface area contributed by atoms with Crippen molar-refractivity contribution in [1.82, 2.24) is 10.2 Å². The van der Waals surface area contributed by atoms with Crippen molar-refractivity contribution in [1.29, 1.82) is 0 Å². The fourth-order valence-corrected chi connectivity index (χ4v) is 3.84. The number of fused-ring (bicyclic) bond motifs is 1. The van der Waals surface area contributed by atoms with Crippen LogP contribution in [0.15, 0.2) is 36.4 Å². The second-order valence-corrected chi connectivity index (χ2v) is 7.46. The molecule has 2 aromatic rings. The summed E-state index contributed by atoms with van der Waals surface area (Å²) in [5.74, 6) is 1.00. The van der Waals surface area contributed by atoms with E-state index in [0.717, 1.165) is 31.9 Å². The zero-order chi connectivity index (χ0) is 16.4. The SMILES string of the molecule is COc1ccc2ccccc2c1[C@@H](N1CCNCC1)C(C)(C)C.Cl.Cl. The molecule has 1 heterocycles. The van der Waals surface area contributed by atoms with Crippen molar-refractivity contribution in [2.24, 2.45) is 5.41 Å². The molecule has 140 valence electrons. The number of benzene rings is 2. The average molecular weight is 385 g/mol. The molecule has 25 heavy (non-hydrogen) atoms. The van der Waals surface area contributed by atoms with Crippen LogP contribution in [0.5, 0.6) is 5.75 Å². The zero-order valence-corrected chi connectivity index (χ0v) is 17.2. The number of ether oxygens (including phenoxy) is 1. The molecule has 0 aromatic heterocycles. The summed E-state index contributed by atoms with van der Waals surface area (Å²) in [6.07, 6.45) is 0. The maximum absolute atomic E-state index is 5.78. The minimum Gasteiger partial charge on any atom is -0.496 e. The predicted molar refractivity (Wildman–Crippen MR) is 112 cm³/mol. The lowest BCUT2D eigenvalue weighted by atomic mass is 9.79. The number of piperazine rings is 1. The summed E-state index contributed by atoms with van der Waals surface area (Å²) in [6.45, 7) is 11.3. The molecule has 3 rings (SSSR count). The third-order valence-corrected chi connectivity index (χ3v) is 4.76. The maximum Gasteiger partial charge on any atom is 0.124 e. The fraction of sp³-hybridized carbons (Fsp3) is 0.500. The van der Waals surface area contributed by atoms with E-state index in [4.69, 9.17) is 4.74 Å². The van der Waals surface area contributed by atoms with Gasteiger partial charge in [0.25, 0.3) is 0 Å². The lowest BCUT2D eigenvalue weighted by molar-refractivity contribution is 0.0852. The highest BCUT2D eigenvalue weighted by molar-refractivity contribution is 5.88. The van der Waals surface area contributed by atoms with Gasteiger partial charge in [-0.15, -0.1) is 24.8 Å². The van der Waals surface area contributed by atoms with Gasteiger partial charge in [0, 0.05) is 37.8 Å². The summed E-state index contributed by atoms with van der Waals surface area (Å²) in [7, 11) is 1.78. The smallest absolute Gasteiger partial charge is 0.124 e. The molecule has 0 radical (unpaired) electrons. The van der Waals surface area contributed by atoms with E-state index in [1.165, 1.54) is 16.3 Å². The zero-order valence-electron chi connectivity index (χ0n) is 15.5. The minimum absolute atomic E-state index is 0. The van der Waals surface area contributed by atoms with Crippen LogP contribution >= 0.6 is 24.8 Å². The third-order valence-electron chi connectivity index (χ3n) is 4.76. The van der Waals surface area contributed by atoms with Crippen LogP contribution in [0.4, 0.5) is 0 Å². The van der Waals surface area contributed by atoms with Crippen molar-refractivity contribution in [2.45, 2.75) is 26.8 Å². The first-order valence-corrected chi connectivity index (χ1v) is 8.53. The molecule has 2 aromatic carbocycles. The summed E-state index contributed by atoms with van der Waals surface area (Å²) in [5, 5.41) is 6.06. The van der Waals surface area contributed by atoms with E-state index in [-0.39, 0.29) is 30.2 Å². The molecule has 1 fully saturated rings. The molecule has 0 saturated carbocycles. The molecule has 0 bridgehead atoms. The van der Waals surface area contributed by atoms with Crippen LogP contribution in [0.2, 0.25) is 0 Å². The van der Waals surface area contributed by atoms with Gasteiger partial charge >= 0.3 is 0 Å². The number of nitrogens with one attached hydrogen (secondary N) is 1. The van der Waals surface area contributed by atoms with Gasteiger partial charge in [-0.25, -0.2) is 0 Å². The first-order chi connectivity index (χ1) is 11.0. The molecular formula is C20H30Cl2N2O. The van der Waals surface area contributed by atoms with Crippen molar-refractivity contribution in [3.8, 4) is 5.75 Å². The molecule has 0 spiro atoms. The molecule has 0 unspecified atom stereocenters. The van der Waals surface area contributed by atoms with Crippen molar-refractivity contribution < 1.29 is 4.74 Å². The predicted octanol–water partition coefficient (Wildman–Crippen LogP) is 4.68. The van der Waals surface area contributed by atoms with Crippen LogP contribution in [-0.2, 0) is 0 Å². The lowest BCUT2D eigenvalue weighted by Gasteiger charge is -2.43. The van der Waals surface area contributed by atoms with Crippen LogP contribution < -0.4 is 10.1 Å². The van der Waals surface area contributed by atoms with Gasteiger partial charge in [-0.05, 0) is 22.3 Å². The monoisotopic (exact) mass is 384 g/mol. The van der Waals surface area contributed by atoms with Crippen molar-refractivity contribution in [3.05, 3.63) is 42.0 Å². The summed E-state index contributed by atoms with van der Waals surface area (Å²) >= 11 is 0. The number of hydrogen-bond donors (Lipinski definition) is 1. The number of methoxy groups -OCH3 is 1. The minimum atomic E-state index is 0.